The quantitative estimate of drug-likeness (QED) is 0.634. The van der Waals surface area contributed by atoms with Gasteiger partial charge in [0.15, 0.2) is 5.15 Å². The first-order chi connectivity index (χ1) is 11.7. The van der Waals surface area contributed by atoms with Crippen LogP contribution in [0.2, 0.25) is 5.15 Å². The summed E-state index contributed by atoms with van der Waals surface area (Å²) in [6.45, 7) is 2.29. The minimum Gasteiger partial charge on any atom is -0.396 e. The number of nitrogens with two attached hydrogens (primary N) is 1. The Bertz CT molecular complexity index is 658. The lowest BCUT2D eigenvalue weighted by Gasteiger charge is -2.29. The first-order valence-electron chi connectivity index (χ1n) is 9.19. The van der Waals surface area contributed by atoms with Gasteiger partial charge in [0.25, 0.3) is 0 Å². The Kier molecular flexibility index (Phi) is 5.78. The van der Waals surface area contributed by atoms with E-state index in [1.165, 1.54) is 50.5 Å². The molecule has 0 aliphatic heterocycles. The maximum atomic E-state index is 6.03. The van der Waals surface area contributed by atoms with Crippen molar-refractivity contribution in [3.63, 3.8) is 0 Å². The molecule has 1 fully saturated rings. The van der Waals surface area contributed by atoms with E-state index in [4.69, 9.17) is 17.3 Å². The summed E-state index contributed by atoms with van der Waals surface area (Å²) >= 11 is 6.03. The smallest absolute Gasteiger partial charge is 0.152 e. The van der Waals surface area contributed by atoms with E-state index in [-0.39, 0.29) is 0 Å². The average molecular weight is 343 g/mol. The number of nitrogen functional groups attached to an aromatic ring is 1. The maximum absolute atomic E-state index is 6.03. The number of unbranched alkanes of at least 4 members (excludes halogenated alkanes) is 1. The molecule has 1 aromatic carbocycles. The summed E-state index contributed by atoms with van der Waals surface area (Å²) in [6, 6.07) is 12.6. The molecule has 0 spiro atoms. The Morgan fingerprint density at radius 1 is 1.04 bits per heavy atom. The lowest BCUT2D eigenvalue weighted by Crippen LogP contribution is -2.13. The number of hydrogen-bond acceptors (Lipinski definition) is 2. The number of nitrogens with zero attached hydrogens (tertiary/aromatic N) is 1. The molecule has 0 amide bonds. The fraction of sp³-hybridized carbons (Fsp3) is 0.476. The molecule has 3 rings (SSSR count). The molecule has 3 heteroatoms. The van der Waals surface area contributed by atoms with Gasteiger partial charge in [-0.25, -0.2) is 4.98 Å². The Morgan fingerprint density at radius 2 is 1.75 bits per heavy atom. The second-order valence-electron chi connectivity index (χ2n) is 7.06. The maximum Gasteiger partial charge on any atom is 0.152 e. The molecule has 0 atom stereocenters. The molecule has 1 heterocycles. The molecule has 1 aliphatic carbocycles. The third kappa shape index (κ3) is 4.10. The van der Waals surface area contributed by atoms with Crippen molar-refractivity contribution in [3.8, 4) is 11.3 Å². The van der Waals surface area contributed by atoms with Crippen molar-refractivity contribution in [1.29, 1.82) is 0 Å². The van der Waals surface area contributed by atoms with Crippen molar-refractivity contribution < 1.29 is 0 Å². The van der Waals surface area contributed by atoms with Crippen LogP contribution in [0.1, 0.15) is 63.4 Å². The van der Waals surface area contributed by atoms with Crippen LogP contribution in [0.3, 0.4) is 0 Å². The summed E-state index contributed by atoms with van der Waals surface area (Å²) in [5.74, 6) is 1.68. The van der Waals surface area contributed by atoms with Crippen molar-refractivity contribution in [1.82, 2.24) is 4.98 Å². The predicted octanol–water partition coefficient (Wildman–Crippen LogP) is 6.45. The highest BCUT2D eigenvalue weighted by molar-refractivity contribution is 6.31. The third-order valence-corrected chi connectivity index (χ3v) is 5.67. The summed E-state index contributed by atoms with van der Waals surface area (Å²) in [4.78, 5) is 4.36. The normalized spacial score (nSPS) is 20.9. The fourth-order valence-corrected chi connectivity index (χ4v) is 3.96. The first kappa shape index (κ1) is 17.3. The van der Waals surface area contributed by atoms with Crippen molar-refractivity contribution in [2.45, 2.75) is 57.8 Å². The van der Waals surface area contributed by atoms with E-state index < -0.39 is 0 Å². The summed E-state index contributed by atoms with van der Waals surface area (Å²) in [5.41, 5.74) is 9.70. The molecule has 1 saturated carbocycles. The molecule has 0 bridgehead atoms. The van der Waals surface area contributed by atoms with E-state index in [1.807, 2.05) is 12.1 Å². The number of benzene rings is 1. The van der Waals surface area contributed by atoms with E-state index in [1.54, 1.807) is 0 Å². The van der Waals surface area contributed by atoms with Gasteiger partial charge >= 0.3 is 0 Å². The molecule has 1 aliphatic rings. The van der Waals surface area contributed by atoms with Gasteiger partial charge in [-0.1, -0.05) is 62.1 Å². The zero-order chi connectivity index (χ0) is 16.9. The van der Waals surface area contributed by atoms with Gasteiger partial charge in [-0.15, -0.1) is 0 Å². The summed E-state index contributed by atoms with van der Waals surface area (Å²) < 4.78 is 0. The minimum absolute atomic E-state index is 0.377. The number of rotatable bonds is 5. The van der Waals surface area contributed by atoms with Gasteiger partial charge < -0.3 is 5.73 Å². The lowest BCUT2D eigenvalue weighted by molar-refractivity contribution is 0.304. The van der Waals surface area contributed by atoms with Crippen molar-refractivity contribution in [3.05, 3.63) is 47.1 Å². The number of halogens is 1. The van der Waals surface area contributed by atoms with E-state index in [0.717, 1.165) is 23.1 Å². The number of hydrogen-bond donors (Lipinski definition) is 1. The number of anilines is 1. The Morgan fingerprint density at radius 3 is 2.38 bits per heavy atom. The second-order valence-corrected chi connectivity index (χ2v) is 7.42. The Balaban J connectivity index is 1.64. The van der Waals surface area contributed by atoms with Gasteiger partial charge in [-0.05, 0) is 55.2 Å². The van der Waals surface area contributed by atoms with Crippen LogP contribution in [0, 0.1) is 5.92 Å². The molecule has 2 aromatic rings. The Hall–Kier alpha value is -1.54. The molecule has 0 radical (unpaired) electrons. The van der Waals surface area contributed by atoms with Crippen LogP contribution < -0.4 is 5.73 Å². The number of aromatic nitrogens is 1. The molecule has 2 nitrogen and oxygen atoms in total. The molecular weight excluding hydrogens is 316 g/mol. The van der Waals surface area contributed by atoms with Crippen LogP contribution in [0.25, 0.3) is 11.3 Å². The van der Waals surface area contributed by atoms with E-state index >= 15 is 0 Å². The average Bonchev–Trinajstić information content (AvgIpc) is 2.63. The molecule has 2 N–H and O–H groups in total. The van der Waals surface area contributed by atoms with Gasteiger partial charge in [-0.3, -0.25) is 0 Å². The zero-order valence-corrected chi connectivity index (χ0v) is 15.2. The van der Waals surface area contributed by atoms with Crippen LogP contribution in [-0.2, 0) is 0 Å². The number of pyridine rings is 1. The summed E-state index contributed by atoms with van der Waals surface area (Å²) in [5, 5.41) is 0.377. The lowest BCUT2D eigenvalue weighted by atomic mass is 9.77. The highest BCUT2D eigenvalue weighted by Crippen LogP contribution is 2.38. The highest BCUT2D eigenvalue weighted by atomic mass is 35.5. The third-order valence-electron chi connectivity index (χ3n) is 5.37. The molecule has 0 saturated heterocycles. The zero-order valence-electron chi connectivity index (χ0n) is 14.5. The van der Waals surface area contributed by atoms with E-state index in [2.05, 4.69) is 36.2 Å². The van der Waals surface area contributed by atoms with Crippen LogP contribution >= 0.6 is 11.6 Å². The van der Waals surface area contributed by atoms with Crippen LogP contribution in [0.15, 0.2) is 36.4 Å². The molecular formula is C21H27ClN2. The van der Waals surface area contributed by atoms with Gasteiger partial charge in [0.2, 0.25) is 0 Å². The molecule has 24 heavy (non-hydrogen) atoms. The monoisotopic (exact) mass is 342 g/mol. The second kappa shape index (κ2) is 8.02. The van der Waals surface area contributed by atoms with Crippen molar-refractivity contribution >= 4 is 17.3 Å². The standard InChI is InChI=1S/C21H27ClN2/c1-2-3-4-15-5-7-16(8-6-15)17-9-11-18(12-10-17)20-14-13-19(23)21(22)24-20/h9-16H,2-8,23H2,1H3. The molecule has 0 unspecified atom stereocenters. The van der Waals surface area contributed by atoms with Crippen LogP contribution in [-0.4, -0.2) is 4.98 Å². The first-order valence-corrected chi connectivity index (χ1v) is 9.57. The van der Waals surface area contributed by atoms with Crippen molar-refractivity contribution in [2.24, 2.45) is 5.92 Å². The molecule has 128 valence electrons. The van der Waals surface area contributed by atoms with Gasteiger partial charge in [-0.2, -0.15) is 0 Å². The largest absolute Gasteiger partial charge is 0.396 e. The predicted molar refractivity (Wildman–Crippen MR) is 103 cm³/mol. The van der Waals surface area contributed by atoms with Gasteiger partial charge in [0, 0.05) is 5.56 Å². The highest BCUT2D eigenvalue weighted by Gasteiger charge is 2.21. The van der Waals surface area contributed by atoms with E-state index in [0.29, 0.717) is 10.8 Å². The summed E-state index contributed by atoms with van der Waals surface area (Å²) in [6.07, 6.45) is 9.58. The fourth-order valence-electron chi connectivity index (χ4n) is 3.81. The van der Waals surface area contributed by atoms with Gasteiger partial charge in [0.05, 0.1) is 11.4 Å². The van der Waals surface area contributed by atoms with Crippen molar-refractivity contribution in [2.75, 3.05) is 5.73 Å². The minimum atomic E-state index is 0.377. The van der Waals surface area contributed by atoms with Crippen LogP contribution in [0.5, 0.6) is 0 Å². The topological polar surface area (TPSA) is 38.9 Å². The molecule has 1 aromatic heterocycles. The Labute approximate surface area is 150 Å². The van der Waals surface area contributed by atoms with E-state index in [9.17, 15) is 0 Å². The van der Waals surface area contributed by atoms with Crippen LogP contribution in [0.4, 0.5) is 5.69 Å². The van der Waals surface area contributed by atoms with Gasteiger partial charge in [0.1, 0.15) is 0 Å². The SMILES string of the molecule is CCCCC1CCC(c2ccc(-c3ccc(N)c(Cl)n3)cc2)CC1. The summed E-state index contributed by atoms with van der Waals surface area (Å²) in [7, 11) is 0.